The summed E-state index contributed by atoms with van der Waals surface area (Å²) in [6.45, 7) is 3.71. The van der Waals surface area contributed by atoms with E-state index in [2.05, 4.69) is 20.6 Å². The molecule has 26 heavy (non-hydrogen) atoms. The van der Waals surface area contributed by atoms with E-state index in [0.29, 0.717) is 16.4 Å². The van der Waals surface area contributed by atoms with Crippen LogP contribution in [0.1, 0.15) is 24.8 Å². The summed E-state index contributed by atoms with van der Waals surface area (Å²) < 4.78 is 14.1. The van der Waals surface area contributed by atoms with Gasteiger partial charge in [0.05, 0.1) is 5.69 Å². The molecule has 0 aliphatic heterocycles. The first-order chi connectivity index (χ1) is 12.4. The number of hydrogen-bond donors (Lipinski definition) is 1. The molecule has 0 saturated carbocycles. The lowest BCUT2D eigenvalue weighted by Crippen LogP contribution is -2.29. The van der Waals surface area contributed by atoms with Crippen molar-refractivity contribution in [2.45, 2.75) is 26.3 Å². The number of nitrogens with zero attached hydrogens (tertiary/aromatic N) is 4. The Balaban J connectivity index is 1.76. The summed E-state index contributed by atoms with van der Waals surface area (Å²) in [5.41, 5.74) is 0.702. The van der Waals surface area contributed by atoms with E-state index in [0.717, 1.165) is 9.69 Å². The second-order valence-electron chi connectivity index (χ2n) is 5.87. The van der Waals surface area contributed by atoms with Crippen molar-refractivity contribution in [1.29, 1.82) is 0 Å². The molecule has 0 aliphatic rings. The van der Waals surface area contributed by atoms with Gasteiger partial charge in [-0.25, -0.2) is 9.07 Å². The molecule has 0 unspecified atom stereocenters. The normalized spacial score (nSPS) is 10.9. The molecular weight excluding hydrogens is 357 g/mol. The Morgan fingerprint density at radius 1 is 1.19 bits per heavy atom. The number of anilines is 1. The minimum Gasteiger partial charge on any atom is -0.299 e. The molecule has 1 aromatic carbocycles. The Morgan fingerprint density at radius 2 is 1.92 bits per heavy atom. The molecule has 0 saturated heterocycles. The SMILES string of the molecule is CC(C)c1nnc(NC(=O)Cn2nc(-c3ccc(F)cc3)ccc2=O)s1. The van der Waals surface area contributed by atoms with Gasteiger partial charge in [-0.2, -0.15) is 5.10 Å². The van der Waals surface area contributed by atoms with Crippen molar-refractivity contribution in [3.8, 4) is 11.3 Å². The molecule has 3 aromatic rings. The second kappa shape index (κ2) is 7.52. The van der Waals surface area contributed by atoms with Crippen LogP contribution in [0.5, 0.6) is 0 Å². The van der Waals surface area contributed by atoms with Gasteiger partial charge in [0.15, 0.2) is 0 Å². The van der Waals surface area contributed by atoms with E-state index in [-0.39, 0.29) is 18.3 Å². The van der Waals surface area contributed by atoms with Crippen molar-refractivity contribution in [3.63, 3.8) is 0 Å². The standard InChI is InChI=1S/C17H16FN5O2S/c1-10(2)16-20-21-17(26-16)19-14(24)9-23-15(25)8-7-13(22-23)11-3-5-12(18)6-4-11/h3-8,10H,9H2,1-2H3,(H,19,21,24). The second-order valence-corrected chi connectivity index (χ2v) is 6.88. The Morgan fingerprint density at radius 3 is 2.58 bits per heavy atom. The summed E-state index contributed by atoms with van der Waals surface area (Å²) in [5.74, 6) is -0.573. The zero-order chi connectivity index (χ0) is 18.7. The fourth-order valence-corrected chi connectivity index (χ4v) is 2.91. The van der Waals surface area contributed by atoms with Crippen molar-refractivity contribution >= 4 is 22.4 Å². The lowest BCUT2D eigenvalue weighted by atomic mass is 10.1. The zero-order valence-corrected chi connectivity index (χ0v) is 15.0. The molecule has 2 aromatic heterocycles. The van der Waals surface area contributed by atoms with Gasteiger partial charge in [0.25, 0.3) is 5.56 Å². The predicted octanol–water partition coefficient (Wildman–Crippen LogP) is 2.66. The lowest BCUT2D eigenvalue weighted by Gasteiger charge is -2.07. The average Bonchev–Trinajstić information content (AvgIpc) is 3.06. The first kappa shape index (κ1) is 17.9. The molecule has 0 spiro atoms. The number of carbonyl (C=O) groups is 1. The summed E-state index contributed by atoms with van der Waals surface area (Å²) >= 11 is 1.29. The van der Waals surface area contributed by atoms with Crippen molar-refractivity contribution in [2.75, 3.05) is 5.32 Å². The molecule has 0 fully saturated rings. The summed E-state index contributed by atoms with van der Waals surface area (Å²) in [6.07, 6.45) is 0. The number of rotatable bonds is 5. The summed E-state index contributed by atoms with van der Waals surface area (Å²) in [4.78, 5) is 24.2. The van der Waals surface area contributed by atoms with Gasteiger partial charge in [-0.15, -0.1) is 10.2 Å². The monoisotopic (exact) mass is 373 g/mol. The Kier molecular flexibility index (Phi) is 5.17. The molecule has 1 N–H and O–H groups in total. The maximum Gasteiger partial charge on any atom is 0.267 e. The van der Waals surface area contributed by atoms with E-state index < -0.39 is 11.5 Å². The quantitative estimate of drug-likeness (QED) is 0.743. The first-order valence-corrected chi connectivity index (χ1v) is 8.71. The van der Waals surface area contributed by atoms with Gasteiger partial charge in [-0.3, -0.25) is 14.9 Å². The molecule has 0 atom stereocenters. The number of carbonyl (C=O) groups excluding carboxylic acids is 1. The Bertz CT molecular complexity index is 981. The third-order valence-electron chi connectivity index (χ3n) is 3.48. The fraction of sp³-hybridized carbons (Fsp3) is 0.235. The van der Waals surface area contributed by atoms with Gasteiger partial charge >= 0.3 is 0 Å². The van der Waals surface area contributed by atoms with Crippen LogP contribution in [0.4, 0.5) is 9.52 Å². The Labute approximate surface area is 152 Å². The van der Waals surface area contributed by atoms with Gasteiger partial charge < -0.3 is 0 Å². The van der Waals surface area contributed by atoms with E-state index in [1.807, 2.05) is 13.8 Å². The number of benzene rings is 1. The van der Waals surface area contributed by atoms with E-state index in [1.54, 1.807) is 12.1 Å². The maximum absolute atomic E-state index is 13.0. The fourth-order valence-electron chi connectivity index (χ4n) is 2.15. The smallest absolute Gasteiger partial charge is 0.267 e. The Hall–Kier alpha value is -2.94. The van der Waals surface area contributed by atoms with Crippen LogP contribution in [-0.2, 0) is 11.3 Å². The number of nitrogens with one attached hydrogen (secondary N) is 1. The number of aromatic nitrogens is 4. The predicted molar refractivity (Wildman–Crippen MR) is 96.5 cm³/mol. The van der Waals surface area contributed by atoms with Crippen LogP contribution in [0, 0.1) is 5.82 Å². The van der Waals surface area contributed by atoms with E-state index in [4.69, 9.17) is 0 Å². The molecule has 2 heterocycles. The van der Waals surface area contributed by atoms with Gasteiger partial charge in [0, 0.05) is 17.5 Å². The van der Waals surface area contributed by atoms with Gasteiger partial charge in [0.2, 0.25) is 11.0 Å². The molecule has 134 valence electrons. The van der Waals surface area contributed by atoms with Crippen molar-refractivity contribution in [2.24, 2.45) is 0 Å². The van der Waals surface area contributed by atoms with Gasteiger partial charge in [0.1, 0.15) is 17.4 Å². The third-order valence-corrected chi connectivity index (χ3v) is 4.62. The van der Waals surface area contributed by atoms with Crippen molar-refractivity contribution in [1.82, 2.24) is 20.0 Å². The molecular formula is C17H16FN5O2S. The molecule has 9 heteroatoms. The van der Waals surface area contributed by atoms with Crippen LogP contribution in [0.25, 0.3) is 11.3 Å². The number of hydrogen-bond acceptors (Lipinski definition) is 6. The first-order valence-electron chi connectivity index (χ1n) is 7.90. The lowest BCUT2D eigenvalue weighted by molar-refractivity contribution is -0.117. The molecule has 0 bridgehead atoms. The van der Waals surface area contributed by atoms with Gasteiger partial charge in [-0.05, 0) is 30.3 Å². The minimum absolute atomic E-state index is 0.217. The largest absolute Gasteiger partial charge is 0.299 e. The highest BCUT2D eigenvalue weighted by atomic mass is 32.1. The van der Waals surface area contributed by atoms with Gasteiger partial charge in [-0.1, -0.05) is 25.2 Å². The molecule has 7 nitrogen and oxygen atoms in total. The molecule has 3 rings (SSSR count). The maximum atomic E-state index is 13.0. The number of amides is 1. The van der Waals surface area contributed by atoms with Crippen molar-refractivity contribution in [3.05, 3.63) is 57.6 Å². The molecule has 1 amide bonds. The molecule has 0 aliphatic carbocycles. The van der Waals surface area contributed by atoms with Crippen LogP contribution in [0.15, 0.2) is 41.2 Å². The highest BCUT2D eigenvalue weighted by Crippen LogP contribution is 2.22. The van der Waals surface area contributed by atoms with E-state index in [9.17, 15) is 14.0 Å². The highest BCUT2D eigenvalue weighted by Gasteiger charge is 2.12. The average molecular weight is 373 g/mol. The molecule has 0 radical (unpaired) electrons. The zero-order valence-electron chi connectivity index (χ0n) is 14.1. The van der Waals surface area contributed by atoms with Crippen LogP contribution >= 0.6 is 11.3 Å². The van der Waals surface area contributed by atoms with Crippen LogP contribution < -0.4 is 10.9 Å². The van der Waals surface area contributed by atoms with E-state index in [1.165, 1.54) is 35.6 Å². The van der Waals surface area contributed by atoms with Crippen molar-refractivity contribution < 1.29 is 9.18 Å². The third kappa shape index (κ3) is 4.17. The topological polar surface area (TPSA) is 89.8 Å². The summed E-state index contributed by atoms with van der Waals surface area (Å²) in [6, 6.07) is 8.58. The van der Waals surface area contributed by atoms with Crippen LogP contribution in [-0.4, -0.2) is 25.9 Å². The summed E-state index contributed by atoms with van der Waals surface area (Å²) in [5, 5.41) is 15.9. The van der Waals surface area contributed by atoms with E-state index >= 15 is 0 Å². The number of halogens is 1. The summed E-state index contributed by atoms with van der Waals surface area (Å²) in [7, 11) is 0. The minimum atomic E-state index is -0.428. The van der Waals surface area contributed by atoms with Crippen LogP contribution in [0.3, 0.4) is 0 Å². The van der Waals surface area contributed by atoms with Crippen LogP contribution in [0.2, 0.25) is 0 Å². The highest BCUT2D eigenvalue weighted by molar-refractivity contribution is 7.15.